The first-order chi connectivity index (χ1) is 17.1. The molecule has 186 valence electrons. The van der Waals surface area contributed by atoms with Crippen molar-refractivity contribution in [1.82, 2.24) is 4.90 Å². The maximum Gasteiger partial charge on any atom is 0.222 e. The van der Waals surface area contributed by atoms with E-state index in [2.05, 4.69) is 43.0 Å². The molecule has 35 heavy (non-hydrogen) atoms. The molecule has 2 aromatic carbocycles. The number of phenolic OH excluding ortho intramolecular Hbond substituents is 1. The summed E-state index contributed by atoms with van der Waals surface area (Å²) in [7, 11) is 0. The van der Waals surface area contributed by atoms with Gasteiger partial charge in [0.2, 0.25) is 5.91 Å². The molecule has 4 rings (SSSR count). The van der Waals surface area contributed by atoms with Gasteiger partial charge in [-0.05, 0) is 78.6 Å². The van der Waals surface area contributed by atoms with Crippen molar-refractivity contribution >= 4 is 5.91 Å². The molecule has 0 radical (unpaired) electrons. The van der Waals surface area contributed by atoms with Crippen molar-refractivity contribution < 1.29 is 14.6 Å². The summed E-state index contributed by atoms with van der Waals surface area (Å²) in [4.78, 5) is 13.7. The van der Waals surface area contributed by atoms with E-state index in [9.17, 15) is 9.90 Å². The Morgan fingerprint density at radius 2 is 1.94 bits per heavy atom. The van der Waals surface area contributed by atoms with Crippen molar-refractivity contribution in [2.24, 2.45) is 5.92 Å². The highest BCUT2D eigenvalue weighted by molar-refractivity contribution is 5.78. The molecule has 1 N–H and O–H groups in total. The van der Waals surface area contributed by atoms with Crippen molar-refractivity contribution in [3.8, 4) is 11.5 Å². The summed E-state index contributed by atoms with van der Waals surface area (Å²) in [5, 5.41) is 10.0. The Hall–Kier alpha value is -3.27. The van der Waals surface area contributed by atoms with E-state index in [1.54, 1.807) is 6.07 Å². The van der Waals surface area contributed by atoms with Crippen LogP contribution in [0.15, 0.2) is 78.9 Å². The highest BCUT2D eigenvalue weighted by Gasteiger charge is 2.32. The first-order valence-corrected chi connectivity index (χ1v) is 12.9. The number of carbonyl (C=O) groups excluding carboxylic acids is 1. The highest BCUT2D eigenvalue weighted by atomic mass is 16.5. The molecule has 0 bridgehead atoms. The average molecular weight is 474 g/mol. The fourth-order valence-electron chi connectivity index (χ4n) is 5.19. The molecule has 4 heteroatoms. The average Bonchev–Trinajstić information content (AvgIpc) is 3.29. The van der Waals surface area contributed by atoms with Crippen LogP contribution in [0.3, 0.4) is 0 Å². The number of nitrogens with zero attached hydrogens (tertiary/aromatic N) is 1. The fraction of sp³-hybridized carbons (Fsp3) is 0.387. The van der Waals surface area contributed by atoms with E-state index in [1.165, 1.54) is 22.3 Å². The Kier molecular flexibility index (Phi) is 9.77. The van der Waals surface area contributed by atoms with Crippen LogP contribution < -0.4 is 4.74 Å². The quantitative estimate of drug-likeness (QED) is 0.429. The van der Waals surface area contributed by atoms with Crippen LogP contribution in [0.2, 0.25) is 0 Å². The Labute approximate surface area is 210 Å². The van der Waals surface area contributed by atoms with Crippen molar-refractivity contribution in [3.63, 3.8) is 0 Å². The molecule has 1 amide bonds. The minimum Gasteiger partial charge on any atom is -0.508 e. The van der Waals surface area contributed by atoms with Gasteiger partial charge in [0.15, 0.2) is 0 Å². The van der Waals surface area contributed by atoms with E-state index in [1.807, 2.05) is 49.9 Å². The van der Waals surface area contributed by atoms with Gasteiger partial charge in [0.25, 0.3) is 0 Å². The van der Waals surface area contributed by atoms with Crippen molar-refractivity contribution in [3.05, 3.63) is 95.6 Å². The minimum atomic E-state index is 0.188. The van der Waals surface area contributed by atoms with Crippen molar-refractivity contribution in [1.29, 1.82) is 0 Å². The number of ether oxygens (including phenoxy) is 1. The molecule has 2 aliphatic rings. The van der Waals surface area contributed by atoms with Crippen molar-refractivity contribution in [2.45, 2.75) is 52.4 Å². The van der Waals surface area contributed by atoms with Gasteiger partial charge in [-0.15, -0.1) is 0 Å². The molecule has 4 nitrogen and oxygen atoms in total. The minimum absolute atomic E-state index is 0.188. The van der Waals surface area contributed by atoms with Gasteiger partial charge in [-0.2, -0.15) is 0 Å². The number of hydrogen-bond donors (Lipinski definition) is 1. The summed E-state index contributed by atoms with van der Waals surface area (Å²) < 4.78 is 5.93. The third-order valence-electron chi connectivity index (χ3n) is 6.73. The number of rotatable bonds is 8. The monoisotopic (exact) mass is 473 g/mol. The van der Waals surface area contributed by atoms with Gasteiger partial charge >= 0.3 is 0 Å². The molecule has 2 aromatic rings. The van der Waals surface area contributed by atoms with E-state index in [0.717, 1.165) is 31.6 Å². The third-order valence-corrected chi connectivity index (χ3v) is 6.73. The standard InChI is InChI=1S/C29H33NO3.C2H6/c1-3-6-21(7-4-2)26-15-11-23-20-24(31)12-16-27(23)29(26)22-9-13-25(14-10-22)33-19-18-30-17-5-8-28(30)32;1-2/h3-4,6-7,9-10,12-14,16,20,26,29,31H,1,5,8,11,15,17-19H2,2H3;1-2H3/b7-4-,21-6+;/t26-,29+;/m1./s1. The zero-order chi connectivity index (χ0) is 25.2. The number of amides is 1. The molecule has 1 aliphatic carbocycles. The van der Waals surface area contributed by atoms with E-state index in [-0.39, 0.29) is 11.8 Å². The predicted octanol–water partition coefficient (Wildman–Crippen LogP) is 6.80. The Bertz CT molecular complexity index is 1050. The third kappa shape index (κ3) is 6.45. The number of benzene rings is 2. The molecule has 1 heterocycles. The van der Waals surface area contributed by atoms with E-state index in [0.29, 0.717) is 31.2 Å². The number of fused-ring (bicyclic) bond motifs is 1. The topological polar surface area (TPSA) is 49.8 Å². The lowest BCUT2D eigenvalue weighted by Crippen LogP contribution is -2.29. The summed E-state index contributed by atoms with van der Waals surface area (Å²) in [6, 6.07) is 14.1. The molecule has 0 spiro atoms. The maximum atomic E-state index is 11.8. The summed E-state index contributed by atoms with van der Waals surface area (Å²) in [5.41, 5.74) is 4.98. The molecule has 1 fully saturated rings. The second-order valence-electron chi connectivity index (χ2n) is 8.81. The number of phenols is 1. The fourth-order valence-corrected chi connectivity index (χ4v) is 5.19. The summed E-state index contributed by atoms with van der Waals surface area (Å²) in [6.45, 7) is 12.0. The Morgan fingerprint density at radius 3 is 2.60 bits per heavy atom. The number of hydrogen-bond acceptors (Lipinski definition) is 3. The van der Waals surface area contributed by atoms with Crippen LogP contribution in [-0.2, 0) is 11.2 Å². The van der Waals surface area contributed by atoms with Crippen LogP contribution >= 0.6 is 0 Å². The molecule has 2 atom stereocenters. The Morgan fingerprint density at radius 1 is 1.17 bits per heavy atom. The van der Waals surface area contributed by atoms with Gasteiger partial charge < -0.3 is 14.7 Å². The molecule has 0 unspecified atom stereocenters. The zero-order valence-corrected chi connectivity index (χ0v) is 21.4. The molecule has 0 saturated carbocycles. The number of aryl methyl sites for hydroxylation is 1. The van der Waals surface area contributed by atoms with Crippen LogP contribution in [0.1, 0.15) is 62.6 Å². The number of allylic oxidation sites excluding steroid dienone is 5. The van der Waals surface area contributed by atoms with Gasteiger partial charge in [-0.3, -0.25) is 4.79 Å². The molecular formula is C31H39NO3. The van der Waals surface area contributed by atoms with Gasteiger partial charge in [0.1, 0.15) is 18.1 Å². The predicted molar refractivity (Wildman–Crippen MR) is 144 cm³/mol. The number of likely N-dealkylation sites (tertiary alicyclic amines) is 1. The van der Waals surface area contributed by atoms with Crippen LogP contribution in [0.5, 0.6) is 11.5 Å². The van der Waals surface area contributed by atoms with Crippen LogP contribution in [0.4, 0.5) is 0 Å². The van der Waals surface area contributed by atoms with Gasteiger partial charge in [-0.25, -0.2) is 0 Å². The van der Waals surface area contributed by atoms with Gasteiger partial charge in [0, 0.05) is 18.9 Å². The van der Waals surface area contributed by atoms with Crippen LogP contribution in [-0.4, -0.2) is 35.6 Å². The normalized spacial score (nSPS) is 19.8. The molecule has 1 aliphatic heterocycles. The van der Waals surface area contributed by atoms with Crippen molar-refractivity contribution in [2.75, 3.05) is 19.7 Å². The number of aromatic hydroxyl groups is 1. The van der Waals surface area contributed by atoms with Crippen LogP contribution in [0.25, 0.3) is 0 Å². The maximum absolute atomic E-state index is 11.8. The number of carbonyl (C=O) groups is 1. The second-order valence-corrected chi connectivity index (χ2v) is 8.81. The second kappa shape index (κ2) is 13.0. The molecule has 0 aromatic heterocycles. The van der Waals surface area contributed by atoms with E-state index < -0.39 is 0 Å². The summed E-state index contributed by atoms with van der Waals surface area (Å²) >= 11 is 0. The Balaban J connectivity index is 0.00000167. The summed E-state index contributed by atoms with van der Waals surface area (Å²) in [5.74, 6) is 1.88. The SMILES string of the molecule is C=C/C=C(\C=C/C)[C@H]1CCc2cc(O)ccc2[C@H]1c1ccc(OCCN2CCCC2=O)cc1.CC. The highest BCUT2D eigenvalue weighted by Crippen LogP contribution is 2.45. The first-order valence-electron chi connectivity index (χ1n) is 12.9. The van der Waals surface area contributed by atoms with Crippen LogP contribution in [0, 0.1) is 5.92 Å². The van der Waals surface area contributed by atoms with E-state index in [4.69, 9.17) is 4.74 Å². The molecule has 1 saturated heterocycles. The lowest BCUT2D eigenvalue weighted by molar-refractivity contribution is -0.128. The smallest absolute Gasteiger partial charge is 0.222 e. The lowest BCUT2D eigenvalue weighted by atomic mass is 9.69. The van der Waals surface area contributed by atoms with Gasteiger partial charge in [-0.1, -0.05) is 62.9 Å². The zero-order valence-electron chi connectivity index (χ0n) is 21.4. The summed E-state index contributed by atoms with van der Waals surface area (Å²) in [6.07, 6.45) is 11.8. The molecular weight excluding hydrogens is 434 g/mol. The first kappa shape index (κ1) is 26.3. The van der Waals surface area contributed by atoms with Gasteiger partial charge in [0.05, 0.1) is 6.54 Å². The van der Waals surface area contributed by atoms with E-state index >= 15 is 0 Å². The largest absolute Gasteiger partial charge is 0.508 e. The lowest BCUT2D eigenvalue weighted by Gasteiger charge is -2.35.